The summed E-state index contributed by atoms with van der Waals surface area (Å²) in [6, 6.07) is 11.7. The lowest BCUT2D eigenvalue weighted by atomic mass is 10.2. The monoisotopic (exact) mass is 469 g/mol. The molecule has 0 bridgehead atoms. The summed E-state index contributed by atoms with van der Waals surface area (Å²) in [4.78, 5) is 24.1. The van der Waals surface area contributed by atoms with Gasteiger partial charge in [-0.05, 0) is 53.9 Å². The SMILES string of the molecule is O=C(NNC(=O)c1cccs1)c1ccc(S(=O)(=O)Nc2cccc(C(F)(F)F)c2)cc1. The van der Waals surface area contributed by atoms with Gasteiger partial charge in [-0.1, -0.05) is 12.1 Å². The Kier molecular flexibility index (Phi) is 6.32. The number of halogens is 3. The number of hydrogen-bond acceptors (Lipinski definition) is 5. The molecular weight excluding hydrogens is 455 g/mol. The van der Waals surface area contributed by atoms with Gasteiger partial charge < -0.3 is 0 Å². The number of rotatable bonds is 5. The molecule has 0 saturated carbocycles. The van der Waals surface area contributed by atoms with Crippen LogP contribution in [-0.4, -0.2) is 20.2 Å². The quantitative estimate of drug-likeness (QED) is 0.496. The van der Waals surface area contributed by atoms with Crippen molar-refractivity contribution in [3.63, 3.8) is 0 Å². The van der Waals surface area contributed by atoms with Crippen molar-refractivity contribution < 1.29 is 31.2 Å². The van der Waals surface area contributed by atoms with Gasteiger partial charge in [0, 0.05) is 11.3 Å². The van der Waals surface area contributed by atoms with E-state index < -0.39 is 33.6 Å². The molecule has 0 saturated heterocycles. The van der Waals surface area contributed by atoms with Crippen LogP contribution in [0.3, 0.4) is 0 Å². The van der Waals surface area contributed by atoms with Crippen molar-refractivity contribution in [3.05, 3.63) is 82.0 Å². The number of thiophene rings is 1. The number of anilines is 1. The number of amides is 2. The predicted molar refractivity (Wildman–Crippen MR) is 108 cm³/mol. The van der Waals surface area contributed by atoms with Crippen LogP contribution in [-0.2, 0) is 16.2 Å². The summed E-state index contributed by atoms with van der Waals surface area (Å²) in [6.07, 6.45) is -4.62. The Morgan fingerprint density at radius 1 is 0.871 bits per heavy atom. The van der Waals surface area contributed by atoms with Gasteiger partial charge in [0.1, 0.15) is 0 Å². The molecule has 12 heteroatoms. The third kappa shape index (κ3) is 5.61. The number of nitrogens with one attached hydrogen (secondary N) is 3. The highest BCUT2D eigenvalue weighted by Gasteiger charge is 2.30. The number of carbonyl (C=O) groups excluding carboxylic acids is 2. The van der Waals surface area contributed by atoms with Gasteiger partial charge in [-0.25, -0.2) is 8.42 Å². The van der Waals surface area contributed by atoms with Gasteiger partial charge in [0.25, 0.3) is 21.8 Å². The lowest BCUT2D eigenvalue weighted by Gasteiger charge is -2.12. The van der Waals surface area contributed by atoms with Crippen molar-refractivity contribution in [2.24, 2.45) is 0 Å². The van der Waals surface area contributed by atoms with Crippen LogP contribution in [0.5, 0.6) is 0 Å². The average Bonchev–Trinajstić information content (AvgIpc) is 3.26. The molecule has 2 amide bonds. The zero-order valence-corrected chi connectivity index (χ0v) is 17.1. The molecule has 1 aromatic heterocycles. The van der Waals surface area contributed by atoms with Gasteiger partial charge >= 0.3 is 6.18 Å². The highest BCUT2D eigenvalue weighted by atomic mass is 32.2. The van der Waals surface area contributed by atoms with Gasteiger partial charge in [0.2, 0.25) is 0 Å². The molecule has 0 aliphatic heterocycles. The number of sulfonamides is 1. The van der Waals surface area contributed by atoms with Crippen molar-refractivity contribution in [2.75, 3.05) is 4.72 Å². The molecule has 3 N–H and O–H groups in total. The van der Waals surface area contributed by atoms with Crippen LogP contribution in [0.2, 0.25) is 0 Å². The number of benzene rings is 2. The molecule has 7 nitrogen and oxygen atoms in total. The van der Waals surface area contributed by atoms with E-state index in [0.717, 1.165) is 24.3 Å². The molecule has 0 fully saturated rings. The minimum absolute atomic E-state index is 0.0597. The summed E-state index contributed by atoms with van der Waals surface area (Å²) in [6.45, 7) is 0. The zero-order chi connectivity index (χ0) is 22.6. The second-order valence-corrected chi connectivity index (χ2v) is 8.72. The molecule has 0 aliphatic rings. The first-order valence-electron chi connectivity index (χ1n) is 8.50. The summed E-state index contributed by atoms with van der Waals surface area (Å²) >= 11 is 1.19. The van der Waals surface area contributed by atoms with E-state index in [1.54, 1.807) is 17.5 Å². The normalized spacial score (nSPS) is 11.6. The van der Waals surface area contributed by atoms with Gasteiger partial charge in [-0.2, -0.15) is 13.2 Å². The van der Waals surface area contributed by atoms with Gasteiger partial charge in [-0.15, -0.1) is 11.3 Å². The van der Waals surface area contributed by atoms with Gasteiger partial charge in [0.15, 0.2) is 0 Å². The molecule has 2 aromatic carbocycles. The van der Waals surface area contributed by atoms with E-state index in [4.69, 9.17) is 0 Å². The van der Waals surface area contributed by atoms with Crippen molar-refractivity contribution in [1.29, 1.82) is 0 Å². The minimum Gasteiger partial charge on any atom is -0.280 e. The van der Waals surface area contributed by atoms with Crippen LogP contribution < -0.4 is 15.6 Å². The van der Waals surface area contributed by atoms with E-state index in [1.165, 1.54) is 29.5 Å². The summed E-state index contributed by atoms with van der Waals surface area (Å²) in [5.74, 6) is -1.19. The van der Waals surface area contributed by atoms with Crippen molar-refractivity contribution in [3.8, 4) is 0 Å². The van der Waals surface area contributed by atoms with E-state index in [-0.39, 0.29) is 16.1 Å². The topological polar surface area (TPSA) is 104 Å². The molecule has 0 spiro atoms. The van der Waals surface area contributed by atoms with Crippen molar-refractivity contribution in [2.45, 2.75) is 11.1 Å². The molecule has 31 heavy (non-hydrogen) atoms. The first-order chi connectivity index (χ1) is 14.6. The third-order valence-corrected chi connectivity index (χ3v) is 6.17. The maximum atomic E-state index is 12.8. The maximum absolute atomic E-state index is 12.8. The van der Waals surface area contributed by atoms with Crippen LogP contribution in [0.1, 0.15) is 25.6 Å². The van der Waals surface area contributed by atoms with Gasteiger partial charge in [-0.3, -0.25) is 25.2 Å². The molecule has 0 radical (unpaired) electrons. The molecular formula is C19H14F3N3O4S2. The van der Waals surface area contributed by atoms with Gasteiger partial charge in [0.05, 0.1) is 15.3 Å². The largest absolute Gasteiger partial charge is 0.416 e. The van der Waals surface area contributed by atoms with Crippen LogP contribution in [0.4, 0.5) is 18.9 Å². The molecule has 3 aromatic rings. The molecule has 0 aliphatic carbocycles. The Balaban J connectivity index is 1.67. The Labute approximate surface area is 178 Å². The van der Waals surface area contributed by atoms with E-state index >= 15 is 0 Å². The zero-order valence-electron chi connectivity index (χ0n) is 15.4. The van der Waals surface area contributed by atoms with Crippen LogP contribution in [0.25, 0.3) is 0 Å². The second kappa shape index (κ2) is 8.78. The van der Waals surface area contributed by atoms with E-state index in [9.17, 15) is 31.2 Å². The summed E-state index contributed by atoms with van der Waals surface area (Å²) in [5, 5.41) is 1.70. The van der Waals surface area contributed by atoms with Crippen molar-refractivity contribution in [1.82, 2.24) is 10.9 Å². The standard InChI is InChI=1S/C19H14F3N3O4S2/c20-19(21,22)13-3-1-4-14(11-13)25-31(28,29)15-8-6-12(7-9-15)17(26)23-24-18(27)16-5-2-10-30-16/h1-11,25H,(H,23,26)(H,24,27). The number of alkyl halides is 3. The smallest absolute Gasteiger partial charge is 0.280 e. The average molecular weight is 469 g/mol. The highest BCUT2D eigenvalue weighted by molar-refractivity contribution is 7.92. The molecule has 1 heterocycles. The van der Waals surface area contributed by atoms with E-state index in [2.05, 4.69) is 15.6 Å². The van der Waals surface area contributed by atoms with Crippen LogP contribution >= 0.6 is 11.3 Å². The third-order valence-electron chi connectivity index (χ3n) is 3.90. The van der Waals surface area contributed by atoms with E-state index in [0.29, 0.717) is 10.9 Å². The summed E-state index contributed by atoms with van der Waals surface area (Å²) in [5.41, 5.74) is 3.24. The molecule has 0 unspecified atom stereocenters. The number of hydrazine groups is 1. The first kappa shape index (κ1) is 22.3. The van der Waals surface area contributed by atoms with Crippen LogP contribution in [0.15, 0.2) is 70.9 Å². The fourth-order valence-corrected chi connectivity index (χ4v) is 4.08. The lowest BCUT2D eigenvalue weighted by molar-refractivity contribution is -0.137. The minimum atomic E-state index is -4.62. The Morgan fingerprint density at radius 3 is 2.16 bits per heavy atom. The first-order valence-corrected chi connectivity index (χ1v) is 10.9. The lowest BCUT2D eigenvalue weighted by Crippen LogP contribution is -2.41. The number of hydrogen-bond donors (Lipinski definition) is 3. The second-order valence-electron chi connectivity index (χ2n) is 6.09. The fraction of sp³-hybridized carbons (Fsp3) is 0.0526. The van der Waals surface area contributed by atoms with E-state index in [1.807, 2.05) is 0 Å². The molecule has 162 valence electrons. The predicted octanol–water partition coefficient (Wildman–Crippen LogP) is 3.64. The fourth-order valence-electron chi connectivity index (χ4n) is 2.41. The number of carbonyl (C=O) groups is 2. The summed E-state index contributed by atoms with van der Waals surface area (Å²) in [7, 11) is -4.19. The Bertz CT molecular complexity index is 1190. The van der Waals surface area contributed by atoms with Crippen LogP contribution in [0, 0.1) is 0 Å². The maximum Gasteiger partial charge on any atom is 0.416 e. The Morgan fingerprint density at radius 2 is 1.55 bits per heavy atom. The van der Waals surface area contributed by atoms with Crippen molar-refractivity contribution >= 4 is 38.9 Å². The molecule has 0 atom stereocenters. The highest BCUT2D eigenvalue weighted by Crippen LogP contribution is 2.31. The Hall–Kier alpha value is -3.38. The molecule has 3 rings (SSSR count). The summed E-state index contributed by atoms with van der Waals surface area (Å²) < 4.78 is 65.3.